The van der Waals surface area contributed by atoms with E-state index in [0.29, 0.717) is 0 Å². The summed E-state index contributed by atoms with van der Waals surface area (Å²) >= 11 is -0.657. The summed E-state index contributed by atoms with van der Waals surface area (Å²) in [5, 5.41) is 1.62. The molecule has 1 rings (SSSR count). The minimum absolute atomic E-state index is 0.657. The van der Waals surface area contributed by atoms with Crippen LogP contribution in [-0.2, 0) is 21.5 Å². The van der Waals surface area contributed by atoms with E-state index >= 15 is 0 Å². The molecule has 0 radical (unpaired) electrons. The van der Waals surface area contributed by atoms with Gasteiger partial charge in [0, 0.05) is 0 Å². The van der Waals surface area contributed by atoms with Crippen LogP contribution in [0.3, 0.4) is 0 Å². The molecular weight excluding hydrogens is 302 g/mol. The molecule has 0 aliphatic rings. The second-order valence-electron chi connectivity index (χ2n) is 4.15. The van der Waals surface area contributed by atoms with Gasteiger partial charge in [-0.1, -0.05) is 0 Å². The Morgan fingerprint density at radius 2 is 1.93 bits per heavy atom. The Balaban J connectivity index is 2.98. The van der Waals surface area contributed by atoms with E-state index in [1.807, 2.05) is 0 Å². The molecule has 0 nitrogen and oxygen atoms in total. The number of halogens is 1. The predicted molar refractivity (Wildman–Crippen MR) is 70.7 cm³/mol. The van der Waals surface area contributed by atoms with Crippen LogP contribution in [0.15, 0.2) is 35.6 Å². The first-order chi connectivity index (χ1) is 7.10. The van der Waals surface area contributed by atoms with Gasteiger partial charge in [-0.05, 0) is 0 Å². The molecule has 1 aromatic carbocycles. The van der Waals surface area contributed by atoms with Gasteiger partial charge in [-0.3, -0.25) is 0 Å². The summed E-state index contributed by atoms with van der Waals surface area (Å²) in [6, 6.07) is 10.6. The second-order valence-corrected chi connectivity index (χ2v) is 22.2. The maximum absolute atomic E-state index is 6.22. The molecule has 3 heteroatoms. The zero-order chi connectivity index (χ0) is 11.3. The standard InChI is InChI=1S/C12H17P.ClH.Zr/c1-4-12(13(2)3)10-11-8-6-5-7-9-11;;/h5-10H,4H2,1-3H3;1H;. The molecule has 15 heavy (non-hydrogen) atoms. The van der Waals surface area contributed by atoms with Crippen molar-refractivity contribution < 1.29 is 21.5 Å². The Kier molecular flexibility index (Phi) is 5.76. The van der Waals surface area contributed by atoms with Crippen LogP contribution in [-0.4, -0.2) is 13.3 Å². The van der Waals surface area contributed by atoms with E-state index in [4.69, 9.17) is 8.51 Å². The number of hydrogen-bond donors (Lipinski definition) is 0. The van der Waals surface area contributed by atoms with E-state index in [-0.39, 0.29) is 0 Å². The fraction of sp³-hybridized carbons (Fsp3) is 0.333. The molecule has 0 aromatic heterocycles. The van der Waals surface area contributed by atoms with Crippen molar-refractivity contribution in [3.63, 3.8) is 0 Å². The number of benzene rings is 1. The van der Waals surface area contributed by atoms with Gasteiger partial charge in [-0.15, -0.1) is 0 Å². The first-order valence-electron chi connectivity index (χ1n) is 5.24. The predicted octanol–water partition coefficient (Wildman–Crippen LogP) is 4.60. The second kappa shape index (κ2) is 6.34. The van der Waals surface area contributed by atoms with Gasteiger partial charge in [0.1, 0.15) is 0 Å². The quantitative estimate of drug-likeness (QED) is 0.712. The molecule has 0 atom stereocenters. The van der Waals surface area contributed by atoms with Crippen LogP contribution in [0.5, 0.6) is 0 Å². The number of rotatable bonds is 4. The SMILES string of the molecule is CCC(=Cc1ccccc1)[PH](C)(C)[Zr][Cl]. The average Bonchev–Trinajstić information content (AvgIpc) is 2.27. The first-order valence-corrected chi connectivity index (χ1v) is 15.1. The van der Waals surface area contributed by atoms with Gasteiger partial charge >= 0.3 is 108 Å². The fourth-order valence-corrected chi connectivity index (χ4v) is 7.95. The number of hydrogen-bond acceptors (Lipinski definition) is 0. The van der Waals surface area contributed by atoms with E-state index in [1.165, 1.54) is 5.56 Å². The Hall–Kier alpha value is 0.563. The van der Waals surface area contributed by atoms with Crippen molar-refractivity contribution in [1.82, 2.24) is 0 Å². The van der Waals surface area contributed by atoms with Gasteiger partial charge in [0.05, 0.1) is 0 Å². The molecule has 0 unspecified atom stereocenters. The van der Waals surface area contributed by atoms with Crippen molar-refractivity contribution in [2.75, 3.05) is 13.3 Å². The fourth-order valence-electron chi connectivity index (χ4n) is 1.54. The Morgan fingerprint density at radius 3 is 2.40 bits per heavy atom. The molecule has 0 heterocycles. The molecule has 0 saturated carbocycles. The molecule has 1 aromatic rings. The van der Waals surface area contributed by atoms with Gasteiger partial charge in [0.25, 0.3) is 0 Å². The van der Waals surface area contributed by atoms with Crippen molar-refractivity contribution in [2.45, 2.75) is 13.3 Å². The summed E-state index contributed by atoms with van der Waals surface area (Å²) in [6.07, 6.45) is 3.51. The molecule has 82 valence electrons. The van der Waals surface area contributed by atoms with Crippen molar-refractivity contribution in [3.8, 4) is 0 Å². The van der Waals surface area contributed by atoms with E-state index in [0.717, 1.165) is 6.42 Å². The van der Waals surface area contributed by atoms with Crippen LogP contribution in [0.1, 0.15) is 18.9 Å². The van der Waals surface area contributed by atoms with Crippen molar-refractivity contribution in [1.29, 1.82) is 0 Å². The minimum atomic E-state index is -1.19. The summed E-state index contributed by atoms with van der Waals surface area (Å²) in [4.78, 5) is 0. The van der Waals surface area contributed by atoms with Crippen molar-refractivity contribution in [2.24, 2.45) is 0 Å². The summed E-state index contributed by atoms with van der Waals surface area (Å²) in [5.41, 5.74) is 1.32. The Labute approximate surface area is 108 Å². The van der Waals surface area contributed by atoms with Crippen LogP contribution in [0, 0.1) is 0 Å². The molecular formula is C12H18ClPZr. The maximum atomic E-state index is 6.22. The Bertz CT molecular complexity index is 333. The van der Waals surface area contributed by atoms with Crippen molar-refractivity contribution in [3.05, 3.63) is 41.2 Å². The zero-order valence-electron chi connectivity index (χ0n) is 9.55. The first kappa shape index (κ1) is 13.6. The third-order valence-corrected chi connectivity index (χ3v) is 19.4. The topological polar surface area (TPSA) is 0 Å². The molecule has 0 N–H and O–H groups in total. The molecule has 0 fully saturated rings. The van der Waals surface area contributed by atoms with Crippen LogP contribution < -0.4 is 0 Å². The molecule has 0 aliphatic carbocycles. The van der Waals surface area contributed by atoms with Crippen LogP contribution in [0.2, 0.25) is 0 Å². The van der Waals surface area contributed by atoms with Crippen LogP contribution in [0.25, 0.3) is 6.08 Å². The van der Waals surface area contributed by atoms with E-state index < -0.39 is 26.0 Å². The van der Waals surface area contributed by atoms with Gasteiger partial charge in [-0.25, -0.2) is 0 Å². The molecule has 0 saturated heterocycles. The Morgan fingerprint density at radius 1 is 1.33 bits per heavy atom. The molecule has 0 amide bonds. The van der Waals surface area contributed by atoms with Gasteiger partial charge < -0.3 is 0 Å². The third kappa shape index (κ3) is 4.14. The summed E-state index contributed by atoms with van der Waals surface area (Å²) in [7, 11) is 6.22. The number of allylic oxidation sites excluding steroid dienone is 1. The third-order valence-electron chi connectivity index (χ3n) is 2.56. The summed E-state index contributed by atoms with van der Waals surface area (Å²) in [6.45, 7) is 7.06. The molecule has 0 bridgehead atoms. The summed E-state index contributed by atoms with van der Waals surface area (Å²) in [5.74, 6) is 0. The van der Waals surface area contributed by atoms with E-state index in [1.54, 1.807) is 5.31 Å². The summed E-state index contributed by atoms with van der Waals surface area (Å²) < 4.78 is -1.19. The monoisotopic (exact) mass is 318 g/mol. The van der Waals surface area contributed by atoms with Crippen LogP contribution >= 0.6 is 13.1 Å². The molecule has 0 spiro atoms. The van der Waals surface area contributed by atoms with Crippen molar-refractivity contribution >= 4 is 19.1 Å². The van der Waals surface area contributed by atoms with E-state index in [2.05, 4.69) is 56.7 Å². The van der Waals surface area contributed by atoms with E-state index in [9.17, 15) is 0 Å². The van der Waals surface area contributed by atoms with Gasteiger partial charge in [0.15, 0.2) is 0 Å². The van der Waals surface area contributed by atoms with Gasteiger partial charge in [-0.2, -0.15) is 0 Å². The average molecular weight is 320 g/mol. The normalized spacial score (nSPS) is 13.7. The van der Waals surface area contributed by atoms with Crippen LogP contribution in [0.4, 0.5) is 0 Å². The zero-order valence-corrected chi connectivity index (χ0v) is 13.8. The van der Waals surface area contributed by atoms with Gasteiger partial charge in [0.2, 0.25) is 0 Å². The molecule has 0 aliphatic heterocycles.